The molecule has 0 aliphatic rings. The molecule has 98 valence electrons. The van der Waals surface area contributed by atoms with Crippen molar-refractivity contribution < 1.29 is 18.7 Å². The van der Waals surface area contributed by atoms with E-state index in [-0.39, 0.29) is 16.3 Å². The fraction of sp³-hybridized carbons (Fsp3) is 0.273. The second kappa shape index (κ2) is 6.06. The molecule has 0 aliphatic carbocycles. The maximum Gasteiger partial charge on any atom is 0.345 e. The van der Waals surface area contributed by atoms with Crippen LogP contribution in [-0.2, 0) is 14.3 Å². The van der Waals surface area contributed by atoms with Crippen molar-refractivity contribution in [1.29, 1.82) is 0 Å². The van der Waals surface area contributed by atoms with Gasteiger partial charge < -0.3 is 10.1 Å². The predicted molar refractivity (Wildman–Crippen MR) is 68.9 cm³/mol. The minimum Gasteiger partial charge on any atom is -0.467 e. The number of thiol groups is 1. The summed E-state index contributed by atoms with van der Waals surface area (Å²) < 4.78 is 18.1. The molecule has 1 unspecified atom stereocenters. The van der Waals surface area contributed by atoms with Gasteiger partial charge in [0.25, 0.3) is 0 Å². The molecule has 4 nitrogen and oxygen atoms in total. The summed E-state index contributed by atoms with van der Waals surface area (Å²) in [6, 6.07) is 2.61. The lowest BCUT2D eigenvalue weighted by atomic mass is 10.1. The topological polar surface area (TPSA) is 55.4 Å². The number of hydrogen-bond donors (Lipinski definition) is 2. The predicted octanol–water partition coefficient (Wildman–Crippen LogP) is 2.77. The van der Waals surface area contributed by atoms with E-state index in [1.165, 1.54) is 19.1 Å². The number of nitrogens with one attached hydrogen (secondary N) is 1. The molecular weight excluding hydrogens is 281 g/mol. The number of anilines is 1. The van der Waals surface area contributed by atoms with E-state index in [1.54, 1.807) is 0 Å². The molecule has 0 radical (unpaired) electrons. The molecule has 0 bridgehead atoms. The number of esters is 1. The largest absolute Gasteiger partial charge is 0.467 e. The van der Waals surface area contributed by atoms with Crippen LogP contribution >= 0.6 is 24.2 Å². The van der Waals surface area contributed by atoms with Gasteiger partial charge in [0.05, 0.1) is 12.1 Å². The van der Waals surface area contributed by atoms with Crippen LogP contribution in [0.5, 0.6) is 0 Å². The number of benzene rings is 1. The summed E-state index contributed by atoms with van der Waals surface area (Å²) in [4.78, 5) is 22.6. The smallest absolute Gasteiger partial charge is 0.345 e. The standard InChI is InChI=1S/C11H11ClFNO3S/c1-5(15)14-8-4-9(18)7(12)3-6(8)10(13)11(16)17-2/h3-4,10,18H,1-2H3,(H,14,15). The average Bonchev–Trinajstić information content (AvgIpc) is 2.31. The number of ether oxygens (including phenoxy) is 1. The van der Waals surface area contributed by atoms with E-state index in [0.717, 1.165) is 7.11 Å². The van der Waals surface area contributed by atoms with Crippen LogP contribution in [0.25, 0.3) is 0 Å². The lowest BCUT2D eigenvalue weighted by Gasteiger charge is -2.14. The SMILES string of the molecule is COC(=O)C(F)c1cc(Cl)c(S)cc1NC(C)=O. The maximum absolute atomic E-state index is 13.8. The fourth-order valence-corrected chi connectivity index (χ4v) is 1.68. The lowest BCUT2D eigenvalue weighted by molar-refractivity contribution is -0.146. The number of methoxy groups -OCH3 is 1. The molecule has 1 atom stereocenters. The summed E-state index contributed by atoms with van der Waals surface area (Å²) in [5.74, 6) is -1.46. The maximum atomic E-state index is 13.8. The van der Waals surface area contributed by atoms with Crippen LogP contribution in [0.4, 0.5) is 10.1 Å². The van der Waals surface area contributed by atoms with Crippen LogP contribution in [0, 0.1) is 0 Å². The number of carbonyl (C=O) groups is 2. The molecule has 1 amide bonds. The minimum absolute atomic E-state index is 0.0696. The molecule has 1 aromatic rings. The summed E-state index contributed by atoms with van der Waals surface area (Å²) >= 11 is 9.86. The average molecular weight is 292 g/mol. The summed E-state index contributed by atoms with van der Waals surface area (Å²) in [6.07, 6.45) is -2.02. The van der Waals surface area contributed by atoms with Gasteiger partial charge in [0, 0.05) is 23.1 Å². The second-order valence-corrected chi connectivity index (χ2v) is 4.35. The van der Waals surface area contributed by atoms with Gasteiger partial charge in [-0.05, 0) is 12.1 Å². The van der Waals surface area contributed by atoms with Gasteiger partial charge in [-0.15, -0.1) is 12.6 Å². The number of amides is 1. The molecule has 0 saturated carbocycles. The number of rotatable bonds is 3. The molecule has 18 heavy (non-hydrogen) atoms. The lowest BCUT2D eigenvalue weighted by Crippen LogP contribution is -2.14. The van der Waals surface area contributed by atoms with Crippen molar-refractivity contribution in [2.45, 2.75) is 18.0 Å². The highest BCUT2D eigenvalue weighted by molar-refractivity contribution is 7.80. The molecule has 0 aliphatic heterocycles. The highest BCUT2D eigenvalue weighted by Gasteiger charge is 2.25. The third-order valence-corrected chi connectivity index (χ3v) is 2.93. The summed E-state index contributed by atoms with van der Waals surface area (Å²) in [5.41, 5.74) is 0.0645. The highest BCUT2D eigenvalue weighted by atomic mass is 35.5. The summed E-state index contributed by atoms with van der Waals surface area (Å²) in [6.45, 7) is 1.27. The van der Waals surface area contributed by atoms with E-state index in [2.05, 4.69) is 22.7 Å². The van der Waals surface area contributed by atoms with E-state index in [0.29, 0.717) is 4.90 Å². The Morgan fingerprint density at radius 3 is 2.61 bits per heavy atom. The van der Waals surface area contributed by atoms with Crippen molar-refractivity contribution in [3.63, 3.8) is 0 Å². The first-order chi connectivity index (χ1) is 8.36. The van der Waals surface area contributed by atoms with Crippen LogP contribution in [0.1, 0.15) is 18.7 Å². The number of carbonyl (C=O) groups excluding carboxylic acids is 2. The Bertz CT molecular complexity index is 495. The van der Waals surface area contributed by atoms with Crippen LogP contribution < -0.4 is 5.32 Å². The first-order valence-corrected chi connectivity index (χ1v) is 5.71. The van der Waals surface area contributed by atoms with Crippen LogP contribution in [0.2, 0.25) is 5.02 Å². The van der Waals surface area contributed by atoms with Gasteiger partial charge >= 0.3 is 5.97 Å². The second-order valence-electron chi connectivity index (χ2n) is 3.46. The number of hydrogen-bond acceptors (Lipinski definition) is 4. The van der Waals surface area contributed by atoms with Gasteiger partial charge in [-0.1, -0.05) is 11.6 Å². The highest BCUT2D eigenvalue weighted by Crippen LogP contribution is 2.33. The number of halogens is 2. The van der Waals surface area contributed by atoms with Crippen molar-refractivity contribution in [2.24, 2.45) is 0 Å². The van der Waals surface area contributed by atoms with Crippen molar-refractivity contribution in [2.75, 3.05) is 12.4 Å². The van der Waals surface area contributed by atoms with Gasteiger partial charge in [-0.3, -0.25) is 4.79 Å². The first-order valence-electron chi connectivity index (χ1n) is 4.88. The Hall–Kier alpha value is -1.27. The van der Waals surface area contributed by atoms with E-state index in [1.807, 2.05) is 0 Å². The summed E-state index contributed by atoms with van der Waals surface area (Å²) in [5, 5.41) is 2.58. The Labute approximate surface area is 114 Å². The number of alkyl halides is 1. The first kappa shape index (κ1) is 14.8. The van der Waals surface area contributed by atoms with Crippen molar-refractivity contribution in [3.8, 4) is 0 Å². The molecule has 0 saturated heterocycles. The van der Waals surface area contributed by atoms with Crippen LogP contribution in [-0.4, -0.2) is 19.0 Å². The van der Waals surface area contributed by atoms with E-state index < -0.39 is 18.0 Å². The van der Waals surface area contributed by atoms with E-state index in [9.17, 15) is 14.0 Å². The molecule has 7 heteroatoms. The monoisotopic (exact) mass is 291 g/mol. The Kier molecular flexibility index (Phi) is 4.98. The molecule has 0 spiro atoms. The Balaban J connectivity index is 3.26. The van der Waals surface area contributed by atoms with Crippen LogP contribution in [0.15, 0.2) is 17.0 Å². The third kappa shape index (κ3) is 3.36. The molecule has 0 fully saturated rings. The normalized spacial score (nSPS) is 11.8. The molecule has 0 heterocycles. The van der Waals surface area contributed by atoms with E-state index in [4.69, 9.17) is 11.6 Å². The van der Waals surface area contributed by atoms with Gasteiger partial charge in [0.1, 0.15) is 0 Å². The zero-order chi connectivity index (χ0) is 13.9. The fourth-order valence-electron chi connectivity index (χ4n) is 1.32. The van der Waals surface area contributed by atoms with Crippen molar-refractivity contribution in [3.05, 3.63) is 22.7 Å². The Morgan fingerprint density at radius 2 is 2.11 bits per heavy atom. The molecule has 1 N–H and O–H groups in total. The molecule has 1 aromatic carbocycles. The molecular formula is C11H11ClFNO3S. The quantitative estimate of drug-likeness (QED) is 0.665. The van der Waals surface area contributed by atoms with Gasteiger partial charge in [0.2, 0.25) is 12.1 Å². The zero-order valence-corrected chi connectivity index (χ0v) is 11.3. The Morgan fingerprint density at radius 1 is 1.50 bits per heavy atom. The van der Waals surface area contributed by atoms with Crippen molar-refractivity contribution in [1.82, 2.24) is 0 Å². The van der Waals surface area contributed by atoms with E-state index >= 15 is 0 Å². The van der Waals surface area contributed by atoms with Gasteiger partial charge in [-0.25, -0.2) is 9.18 Å². The molecule has 1 rings (SSSR count). The third-order valence-electron chi connectivity index (χ3n) is 2.11. The van der Waals surface area contributed by atoms with Crippen LogP contribution in [0.3, 0.4) is 0 Å². The van der Waals surface area contributed by atoms with Gasteiger partial charge in [0.15, 0.2) is 0 Å². The summed E-state index contributed by atoms with van der Waals surface area (Å²) in [7, 11) is 1.07. The molecule has 0 aromatic heterocycles. The zero-order valence-electron chi connectivity index (χ0n) is 9.66. The van der Waals surface area contributed by atoms with Gasteiger partial charge in [-0.2, -0.15) is 0 Å². The minimum atomic E-state index is -2.02. The van der Waals surface area contributed by atoms with Crippen molar-refractivity contribution >= 4 is 41.8 Å².